The Bertz CT molecular complexity index is 1170. The quantitative estimate of drug-likeness (QED) is 0.363. The minimum atomic E-state index is -0.202. The number of fused-ring (bicyclic) bond motifs is 1. The SMILES string of the molecule is CCC(CC)(CC(=O)c1c(C)nn2c1N[C@@H](c1ccccc1)CC2(C)C)c1ccc(N(C)C)cc1. The van der Waals surface area contributed by atoms with Gasteiger partial charge in [0.2, 0.25) is 0 Å². The fourth-order valence-electron chi connectivity index (χ4n) is 5.64. The number of aromatic nitrogens is 2. The number of carbonyl (C=O) groups is 1. The molecular formula is C30H40N4O. The molecule has 0 fully saturated rings. The molecule has 1 aliphatic rings. The monoisotopic (exact) mass is 472 g/mol. The van der Waals surface area contributed by atoms with Crippen molar-refractivity contribution in [3.63, 3.8) is 0 Å². The molecule has 2 heterocycles. The van der Waals surface area contributed by atoms with Gasteiger partial charge in [0, 0.05) is 31.6 Å². The first-order valence-electron chi connectivity index (χ1n) is 12.8. The van der Waals surface area contributed by atoms with E-state index in [0.717, 1.165) is 36.3 Å². The summed E-state index contributed by atoms with van der Waals surface area (Å²) in [6, 6.07) is 19.4. The van der Waals surface area contributed by atoms with Crippen molar-refractivity contribution in [2.75, 3.05) is 24.3 Å². The highest BCUT2D eigenvalue weighted by molar-refractivity contribution is 6.02. The number of carbonyl (C=O) groups excluding carboxylic acids is 1. The number of aryl methyl sites for hydroxylation is 1. The molecule has 0 unspecified atom stereocenters. The van der Waals surface area contributed by atoms with Crippen LogP contribution in [-0.2, 0) is 11.0 Å². The molecule has 0 spiro atoms. The van der Waals surface area contributed by atoms with Gasteiger partial charge in [-0.15, -0.1) is 0 Å². The van der Waals surface area contributed by atoms with Crippen LogP contribution < -0.4 is 10.2 Å². The van der Waals surface area contributed by atoms with Crippen molar-refractivity contribution in [3.05, 3.63) is 77.0 Å². The van der Waals surface area contributed by atoms with Crippen LogP contribution in [0.3, 0.4) is 0 Å². The Hall–Kier alpha value is -3.08. The number of anilines is 2. The largest absolute Gasteiger partial charge is 0.378 e. The Morgan fingerprint density at radius 1 is 1.09 bits per heavy atom. The summed E-state index contributed by atoms with van der Waals surface area (Å²) in [7, 11) is 4.10. The predicted octanol–water partition coefficient (Wildman–Crippen LogP) is 6.88. The van der Waals surface area contributed by atoms with Gasteiger partial charge in [0.05, 0.1) is 22.8 Å². The maximum atomic E-state index is 14.0. The van der Waals surface area contributed by atoms with E-state index in [4.69, 9.17) is 5.10 Å². The molecule has 186 valence electrons. The number of benzene rings is 2. The second-order valence-electron chi connectivity index (χ2n) is 10.9. The molecule has 3 aromatic rings. The predicted molar refractivity (Wildman–Crippen MR) is 146 cm³/mol. The van der Waals surface area contributed by atoms with Crippen LogP contribution in [0.2, 0.25) is 0 Å². The number of hydrogen-bond acceptors (Lipinski definition) is 4. The molecule has 1 aromatic heterocycles. The van der Waals surface area contributed by atoms with Gasteiger partial charge in [0.1, 0.15) is 5.82 Å². The van der Waals surface area contributed by atoms with E-state index in [-0.39, 0.29) is 22.8 Å². The smallest absolute Gasteiger partial charge is 0.169 e. The molecule has 5 heteroatoms. The molecule has 4 rings (SSSR count). The number of ketones is 1. The number of nitrogens with one attached hydrogen (secondary N) is 1. The Labute approximate surface area is 210 Å². The van der Waals surface area contributed by atoms with E-state index >= 15 is 0 Å². The van der Waals surface area contributed by atoms with Crippen molar-refractivity contribution in [2.45, 2.75) is 77.3 Å². The van der Waals surface area contributed by atoms with E-state index < -0.39 is 0 Å². The lowest BCUT2D eigenvalue weighted by Crippen LogP contribution is -2.38. The summed E-state index contributed by atoms with van der Waals surface area (Å²) in [5.74, 6) is 1.03. The first-order chi connectivity index (χ1) is 16.6. The van der Waals surface area contributed by atoms with Gasteiger partial charge in [-0.2, -0.15) is 5.10 Å². The van der Waals surface area contributed by atoms with Gasteiger partial charge in [-0.25, -0.2) is 4.68 Å². The summed E-state index contributed by atoms with van der Waals surface area (Å²) >= 11 is 0. The third-order valence-electron chi connectivity index (χ3n) is 7.98. The van der Waals surface area contributed by atoms with Crippen LogP contribution in [-0.4, -0.2) is 29.7 Å². The lowest BCUT2D eigenvalue weighted by atomic mass is 9.71. The van der Waals surface area contributed by atoms with E-state index in [0.29, 0.717) is 6.42 Å². The summed E-state index contributed by atoms with van der Waals surface area (Å²) in [5, 5.41) is 8.56. The maximum Gasteiger partial charge on any atom is 0.169 e. The summed E-state index contributed by atoms with van der Waals surface area (Å²) < 4.78 is 2.04. The molecule has 0 bridgehead atoms. The van der Waals surface area contributed by atoms with Crippen LogP contribution in [0.1, 0.15) is 86.6 Å². The average Bonchev–Trinajstić information content (AvgIpc) is 3.20. The van der Waals surface area contributed by atoms with Crippen LogP contribution in [0.4, 0.5) is 11.5 Å². The molecule has 0 radical (unpaired) electrons. The van der Waals surface area contributed by atoms with Crippen molar-refractivity contribution in [1.29, 1.82) is 0 Å². The molecule has 2 aromatic carbocycles. The molecule has 0 amide bonds. The van der Waals surface area contributed by atoms with Crippen LogP contribution in [0, 0.1) is 6.92 Å². The van der Waals surface area contributed by atoms with E-state index in [2.05, 4.69) is 101 Å². The molecule has 1 N–H and O–H groups in total. The van der Waals surface area contributed by atoms with E-state index in [1.807, 2.05) is 17.7 Å². The highest BCUT2D eigenvalue weighted by atomic mass is 16.1. The minimum absolute atomic E-state index is 0.141. The van der Waals surface area contributed by atoms with Crippen molar-refractivity contribution < 1.29 is 4.79 Å². The number of rotatable bonds is 8. The van der Waals surface area contributed by atoms with Crippen molar-refractivity contribution >= 4 is 17.3 Å². The topological polar surface area (TPSA) is 50.2 Å². The Morgan fingerprint density at radius 2 is 1.71 bits per heavy atom. The van der Waals surface area contributed by atoms with Crippen molar-refractivity contribution in [2.24, 2.45) is 0 Å². The zero-order valence-corrected chi connectivity index (χ0v) is 22.4. The summed E-state index contributed by atoms with van der Waals surface area (Å²) in [6.45, 7) is 10.8. The Morgan fingerprint density at radius 3 is 2.29 bits per heavy atom. The number of nitrogens with zero attached hydrogens (tertiary/aromatic N) is 3. The van der Waals surface area contributed by atoms with Gasteiger partial charge >= 0.3 is 0 Å². The lowest BCUT2D eigenvalue weighted by molar-refractivity contribution is 0.0944. The number of Topliss-reactive ketones (excluding diaryl/α,β-unsaturated/α-hetero) is 1. The summed E-state index contributed by atoms with van der Waals surface area (Å²) in [4.78, 5) is 16.1. The van der Waals surface area contributed by atoms with Gasteiger partial charge in [0.15, 0.2) is 5.78 Å². The van der Waals surface area contributed by atoms with E-state index in [1.165, 1.54) is 16.8 Å². The van der Waals surface area contributed by atoms with Gasteiger partial charge in [-0.1, -0.05) is 56.3 Å². The fourth-order valence-corrected chi connectivity index (χ4v) is 5.64. The summed E-state index contributed by atoms with van der Waals surface area (Å²) in [6.07, 6.45) is 3.19. The van der Waals surface area contributed by atoms with E-state index in [1.54, 1.807) is 0 Å². The Kier molecular flexibility index (Phi) is 6.81. The van der Waals surface area contributed by atoms with Crippen molar-refractivity contribution in [1.82, 2.24) is 9.78 Å². The molecule has 5 nitrogen and oxygen atoms in total. The second-order valence-corrected chi connectivity index (χ2v) is 10.9. The standard InChI is InChI=1S/C30H40N4O/c1-8-30(9-2,23-15-17-24(18-16-23)33(6)7)20-26(35)27-21(3)32-34-28(27)31-25(19-29(34,4)5)22-13-11-10-12-14-22/h10-18,25,31H,8-9,19-20H2,1-7H3/t25-/m1/s1. The van der Waals surface area contributed by atoms with Crippen molar-refractivity contribution in [3.8, 4) is 0 Å². The Balaban J connectivity index is 1.70. The third kappa shape index (κ3) is 4.61. The zero-order chi connectivity index (χ0) is 25.4. The molecule has 1 aliphatic heterocycles. The normalized spacial score (nSPS) is 16.9. The van der Waals surface area contributed by atoms with Crippen LogP contribution in [0.25, 0.3) is 0 Å². The van der Waals surface area contributed by atoms with Gasteiger partial charge in [-0.3, -0.25) is 4.79 Å². The number of hydrogen-bond donors (Lipinski definition) is 1. The molecule has 1 atom stereocenters. The second kappa shape index (κ2) is 9.52. The van der Waals surface area contributed by atoms with Crippen LogP contribution in [0.15, 0.2) is 54.6 Å². The molecule has 0 saturated heterocycles. The summed E-state index contributed by atoms with van der Waals surface area (Å²) in [5.41, 5.74) is 4.79. The van der Waals surface area contributed by atoms with Gasteiger partial charge in [-0.05, 0) is 63.3 Å². The first-order valence-corrected chi connectivity index (χ1v) is 12.8. The van der Waals surface area contributed by atoms with Gasteiger partial charge in [0.25, 0.3) is 0 Å². The molecule has 35 heavy (non-hydrogen) atoms. The van der Waals surface area contributed by atoms with Crippen LogP contribution in [0.5, 0.6) is 0 Å². The van der Waals surface area contributed by atoms with Crippen LogP contribution >= 0.6 is 0 Å². The molecule has 0 aliphatic carbocycles. The maximum absolute atomic E-state index is 14.0. The highest BCUT2D eigenvalue weighted by Gasteiger charge is 2.39. The third-order valence-corrected chi connectivity index (χ3v) is 7.98. The van der Waals surface area contributed by atoms with Gasteiger partial charge < -0.3 is 10.2 Å². The van der Waals surface area contributed by atoms with E-state index in [9.17, 15) is 4.79 Å². The molecule has 0 saturated carbocycles. The lowest BCUT2D eigenvalue weighted by Gasteiger charge is -2.38. The first kappa shape index (κ1) is 25.0. The minimum Gasteiger partial charge on any atom is -0.378 e. The zero-order valence-electron chi connectivity index (χ0n) is 22.4. The molecular weight excluding hydrogens is 432 g/mol. The highest BCUT2D eigenvalue weighted by Crippen LogP contribution is 2.43. The fraction of sp³-hybridized carbons (Fsp3) is 0.467. The average molecular weight is 473 g/mol.